The van der Waals surface area contributed by atoms with Crippen LogP contribution in [0.25, 0.3) is 0 Å². The zero-order valence-corrected chi connectivity index (χ0v) is 11.8. The molecule has 0 atom stereocenters. The van der Waals surface area contributed by atoms with E-state index in [2.05, 4.69) is 0 Å². The molecule has 0 aromatic carbocycles. The Hall–Kier alpha value is -0.900. The molecule has 0 radical (unpaired) electrons. The highest BCUT2D eigenvalue weighted by Gasteiger charge is 2.31. The van der Waals surface area contributed by atoms with Crippen molar-refractivity contribution < 1.29 is 26.4 Å². The summed E-state index contributed by atoms with van der Waals surface area (Å²) in [5.74, 6) is -0.0280. The van der Waals surface area contributed by atoms with E-state index < -0.39 is 19.9 Å². The standard InChI is InChI=1S/C10H15NO6S2/c12-8-9-2-3-10(17-9)19(15,16)11-4-1-6-18(13,14)7-5-11/h2-3,12H,1,4-8H2. The third-order valence-corrected chi connectivity index (χ3v) is 6.39. The van der Waals surface area contributed by atoms with Crippen molar-refractivity contribution in [1.29, 1.82) is 0 Å². The highest BCUT2D eigenvalue weighted by Crippen LogP contribution is 2.20. The molecule has 1 N–H and O–H groups in total. The second-order valence-electron chi connectivity index (χ2n) is 4.29. The van der Waals surface area contributed by atoms with Crippen LogP contribution in [0.4, 0.5) is 0 Å². The molecule has 0 amide bonds. The summed E-state index contributed by atoms with van der Waals surface area (Å²) in [6, 6.07) is 2.64. The summed E-state index contributed by atoms with van der Waals surface area (Å²) >= 11 is 0. The van der Waals surface area contributed by atoms with Gasteiger partial charge in [0.2, 0.25) is 5.09 Å². The first-order chi connectivity index (χ1) is 8.85. The molecule has 1 aromatic rings. The second-order valence-corrected chi connectivity index (χ2v) is 8.46. The maximum absolute atomic E-state index is 12.2. The van der Waals surface area contributed by atoms with Crippen LogP contribution in [0, 0.1) is 0 Å². The average Bonchev–Trinajstić information content (AvgIpc) is 2.75. The van der Waals surface area contributed by atoms with Crippen LogP contribution in [-0.4, -0.2) is 50.8 Å². The van der Waals surface area contributed by atoms with Gasteiger partial charge in [0.05, 0.1) is 11.5 Å². The minimum absolute atomic E-state index is 0.000928. The van der Waals surface area contributed by atoms with Gasteiger partial charge in [0.25, 0.3) is 10.0 Å². The molecule has 1 aliphatic heterocycles. The van der Waals surface area contributed by atoms with Gasteiger partial charge in [-0.1, -0.05) is 0 Å². The number of hydrogen-bond acceptors (Lipinski definition) is 6. The molecule has 0 saturated carbocycles. The van der Waals surface area contributed by atoms with Gasteiger partial charge in [-0.05, 0) is 18.6 Å². The Morgan fingerprint density at radius 2 is 2.00 bits per heavy atom. The molecule has 1 saturated heterocycles. The molecule has 7 nitrogen and oxygen atoms in total. The van der Waals surface area contributed by atoms with Crippen LogP contribution < -0.4 is 0 Å². The molecule has 0 unspecified atom stereocenters. The SMILES string of the molecule is O=S1(=O)CCCN(S(=O)(=O)c2ccc(CO)o2)CC1. The van der Waals surface area contributed by atoms with Crippen LogP contribution in [0.2, 0.25) is 0 Å². The first-order valence-electron chi connectivity index (χ1n) is 5.75. The highest BCUT2D eigenvalue weighted by molar-refractivity contribution is 7.91. The minimum atomic E-state index is -3.83. The van der Waals surface area contributed by atoms with Crippen molar-refractivity contribution in [2.45, 2.75) is 18.1 Å². The van der Waals surface area contributed by atoms with E-state index in [1.807, 2.05) is 0 Å². The fourth-order valence-electron chi connectivity index (χ4n) is 1.87. The number of aliphatic hydroxyl groups is 1. The van der Waals surface area contributed by atoms with E-state index >= 15 is 0 Å². The Morgan fingerprint density at radius 1 is 1.26 bits per heavy atom. The van der Waals surface area contributed by atoms with Crippen LogP contribution in [0.5, 0.6) is 0 Å². The van der Waals surface area contributed by atoms with E-state index in [1.165, 1.54) is 12.1 Å². The van der Waals surface area contributed by atoms with E-state index in [1.54, 1.807) is 0 Å². The topological polar surface area (TPSA) is 105 Å². The first kappa shape index (κ1) is 14.5. The third kappa shape index (κ3) is 3.16. The largest absolute Gasteiger partial charge is 0.446 e. The maximum Gasteiger partial charge on any atom is 0.276 e. The van der Waals surface area contributed by atoms with Gasteiger partial charge in [0, 0.05) is 13.1 Å². The lowest BCUT2D eigenvalue weighted by molar-refractivity contribution is 0.235. The van der Waals surface area contributed by atoms with E-state index in [0.29, 0.717) is 0 Å². The molecule has 0 aliphatic carbocycles. The van der Waals surface area contributed by atoms with Gasteiger partial charge in [0.1, 0.15) is 12.4 Å². The lowest BCUT2D eigenvalue weighted by Gasteiger charge is -2.17. The van der Waals surface area contributed by atoms with Gasteiger partial charge in [-0.15, -0.1) is 0 Å². The average molecular weight is 309 g/mol. The molecule has 0 bridgehead atoms. The Bertz CT molecular complexity index is 645. The predicted molar refractivity (Wildman–Crippen MR) is 66.7 cm³/mol. The van der Waals surface area contributed by atoms with Gasteiger partial charge in [-0.25, -0.2) is 16.8 Å². The number of rotatable bonds is 3. The van der Waals surface area contributed by atoms with Crippen LogP contribution >= 0.6 is 0 Å². The summed E-state index contributed by atoms with van der Waals surface area (Å²) in [5, 5.41) is 8.59. The molecular formula is C10H15NO6S2. The molecule has 1 fully saturated rings. The van der Waals surface area contributed by atoms with E-state index in [-0.39, 0.29) is 48.5 Å². The molecule has 0 spiro atoms. The zero-order chi connectivity index (χ0) is 14.1. The fourth-order valence-corrected chi connectivity index (χ4v) is 4.66. The van der Waals surface area contributed by atoms with Crippen LogP contribution in [-0.2, 0) is 26.5 Å². The monoisotopic (exact) mass is 309 g/mol. The quantitative estimate of drug-likeness (QED) is 0.813. The van der Waals surface area contributed by atoms with E-state index in [4.69, 9.17) is 9.52 Å². The Morgan fingerprint density at radius 3 is 2.63 bits per heavy atom. The fraction of sp³-hybridized carbons (Fsp3) is 0.600. The summed E-state index contributed by atoms with van der Waals surface area (Å²) in [7, 11) is -7.00. The van der Waals surface area contributed by atoms with Crippen molar-refractivity contribution in [2.24, 2.45) is 0 Å². The van der Waals surface area contributed by atoms with Crippen molar-refractivity contribution in [3.63, 3.8) is 0 Å². The molecule has 1 aliphatic rings. The molecule has 9 heteroatoms. The predicted octanol–water partition coefficient (Wildman–Crippen LogP) is -0.419. The van der Waals surface area contributed by atoms with Crippen LogP contribution in [0.1, 0.15) is 12.2 Å². The van der Waals surface area contributed by atoms with Crippen LogP contribution in [0.3, 0.4) is 0 Å². The summed E-state index contributed by atoms with van der Waals surface area (Å²) < 4.78 is 53.5. The second kappa shape index (κ2) is 5.23. The maximum atomic E-state index is 12.2. The minimum Gasteiger partial charge on any atom is -0.446 e. The van der Waals surface area contributed by atoms with E-state index in [9.17, 15) is 16.8 Å². The molecule has 108 valence electrons. The zero-order valence-electron chi connectivity index (χ0n) is 10.1. The Balaban J connectivity index is 2.24. The Kier molecular flexibility index (Phi) is 4.00. The number of furan rings is 1. The van der Waals surface area contributed by atoms with Gasteiger partial charge in [-0.3, -0.25) is 0 Å². The van der Waals surface area contributed by atoms with Crippen molar-refractivity contribution >= 4 is 19.9 Å². The van der Waals surface area contributed by atoms with Gasteiger partial charge < -0.3 is 9.52 Å². The van der Waals surface area contributed by atoms with Gasteiger partial charge in [-0.2, -0.15) is 4.31 Å². The number of hydrogen-bond donors (Lipinski definition) is 1. The van der Waals surface area contributed by atoms with Crippen LogP contribution in [0.15, 0.2) is 21.6 Å². The molecular weight excluding hydrogens is 294 g/mol. The van der Waals surface area contributed by atoms with Gasteiger partial charge in [0.15, 0.2) is 9.84 Å². The van der Waals surface area contributed by atoms with Crippen molar-refractivity contribution in [3.05, 3.63) is 17.9 Å². The number of aliphatic hydroxyl groups excluding tert-OH is 1. The summed E-state index contributed by atoms with van der Waals surface area (Å²) in [4.78, 5) is 0. The molecule has 19 heavy (non-hydrogen) atoms. The summed E-state index contributed by atoms with van der Waals surface area (Å²) in [6.07, 6.45) is 0.273. The molecule has 2 heterocycles. The summed E-state index contributed by atoms with van der Waals surface area (Å²) in [6.45, 7) is -0.305. The smallest absolute Gasteiger partial charge is 0.276 e. The molecule has 1 aromatic heterocycles. The number of sulfonamides is 1. The number of nitrogens with zero attached hydrogens (tertiary/aromatic N) is 1. The first-order valence-corrected chi connectivity index (χ1v) is 9.01. The van der Waals surface area contributed by atoms with Crippen molar-refractivity contribution in [2.75, 3.05) is 24.6 Å². The normalized spacial score (nSPS) is 21.1. The van der Waals surface area contributed by atoms with Crippen molar-refractivity contribution in [3.8, 4) is 0 Å². The van der Waals surface area contributed by atoms with E-state index in [0.717, 1.165) is 4.31 Å². The highest BCUT2D eigenvalue weighted by atomic mass is 32.2. The summed E-state index contributed by atoms with van der Waals surface area (Å²) in [5.41, 5.74) is 0. The van der Waals surface area contributed by atoms with Gasteiger partial charge >= 0.3 is 0 Å². The Labute approximate surface area is 111 Å². The number of sulfone groups is 1. The lowest BCUT2D eigenvalue weighted by atomic mass is 10.5. The van der Waals surface area contributed by atoms with Crippen molar-refractivity contribution in [1.82, 2.24) is 4.31 Å². The third-order valence-electron chi connectivity index (χ3n) is 2.90. The lowest BCUT2D eigenvalue weighted by Crippen LogP contribution is -2.33. The molecule has 2 rings (SSSR count).